The maximum atomic E-state index is 11.6. The second-order valence-electron chi connectivity index (χ2n) is 4.10. The van der Waals surface area contributed by atoms with Crippen LogP contribution in [0.2, 0.25) is 0 Å². The summed E-state index contributed by atoms with van der Waals surface area (Å²) in [4.78, 5) is 13.2. The van der Waals surface area contributed by atoms with E-state index in [0.29, 0.717) is 12.3 Å². The highest BCUT2D eigenvalue weighted by atomic mass is 16.2. The summed E-state index contributed by atoms with van der Waals surface area (Å²) in [6.07, 6.45) is 5.27. The molecule has 1 rings (SSSR count). The number of amides is 1. The SMILES string of the molecule is CCCCCCN1C(=N)CC(C)C1=O. The second kappa shape index (κ2) is 5.13. The van der Waals surface area contributed by atoms with E-state index in [1.807, 2.05) is 6.92 Å². The summed E-state index contributed by atoms with van der Waals surface area (Å²) in [6.45, 7) is 4.83. The molecule has 0 spiro atoms. The molecular weight excluding hydrogens is 176 g/mol. The van der Waals surface area contributed by atoms with Crippen LogP contribution in [0.1, 0.15) is 46.0 Å². The van der Waals surface area contributed by atoms with Gasteiger partial charge in [0.2, 0.25) is 5.91 Å². The fourth-order valence-electron chi connectivity index (χ4n) is 1.83. The van der Waals surface area contributed by atoms with Crippen molar-refractivity contribution in [3.05, 3.63) is 0 Å². The molecule has 1 heterocycles. The summed E-state index contributed by atoms with van der Waals surface area (Å²) < 4.78 is 0. The van der Waals surface area contributed by atoms with Gasteiger partial charge in [0.25, 0.3) is 0 Å². The zero-order valence-corrected chi connectivity index (χ0v) is 9.18. The summed E-state index contributed by atoms with van der Waals surface area (Å²) in [5, 5.41) is 7.65. The van der Waals surface area contributed by atoms with Crippen molar-refractivity contribution in [2.45, 2.75) is 46.0 Å². The molecule has 1 unspecified atom stereocenters. The molecule has 14 heavy (non-hydrogen) atoms. The van der Waals surface area contributed by atoms with Gasteiger partial charge in [0.1, 0.15) is 5.84 Å². The van der Waals surface area contributed by atoms with E-state index in [4.69, 9.17) is 5.41 Å². The minimum absolute atomic E-state index is 0.0358. The molecule has 1 N–H and O–H groups in total. The minimum atomic E-state index is 0.0358. The highest BCUT2D eigenvalue weighted by molar-refractivity contribution is 6.04. The summed E-state index contributed by atoms with van der Waals surface area (Å²) >= 11 is 0. The molecule has 0 aromatic carbocycles. The highest BCUT2D eigenvalue weighted by Gasteiger charge is 2.31. The van der Waals surface area contributed by atoms with Gasteiger partial charge in [0.15, 0.2) is 0 Å². The predicted molar refractivity (Wildman–Crippen MR) is 57.4 cm³/mol. The molecule has 0 radical (unpaired) electrons. The lowest BCUT2D eigenvalue weighted by Crippen LogP contribution is -2.30. The first-order chi connectivity index (χ1) is 6.66. The predicted octanol–water partition coefficient (Wildman–Crippen LogP) is 2.41. The minimum Gasteiger partial charge on any atom is -0.301 e. The van der Waals surface area contributed by atoms with Gasteiger partial charge in [0, 0.05) is 18.9 Å². The van der Waals surface area contributed by atoms with E-state index in [9.17, 15) is 4.79 Å². The zero-order valence-electron chi connectivity index (χ0n) is 9.18. The average molecular weight is 196 g/mol. The van der Waals surface area contributed by atoms with Crippen LogP contribution >= 0.6 is 0 Å². The van der Waals surface area contributed by atoms with Crippen LogP contribution in [0.25, 0.3) is 0 Å². The van der Waals surface area contributed by atoms with Crippen LogP contribution in [0.3, 0.4) is 0 Å². The van der Waals surface area contributed by atoms with Crippen molar-refractivity contribution in [3.8, 4) is 0 Å². The van der Waals surface area contributed by atoms with Crippen molar-refractivity contribution >= 4 is 11.7 Å². The van der Waals surface area contributed by atoms with Crippen molar-refractivity contribution in [1.29, 1.82) is 5.41 Å². The van der Waals surface area contributed by atoms with Crippen molar-refractivity contribution in [1.82, 2.24) is 4.90 Å². The van der Waals surface area contributed by atoms with E-state index >= 15 is 0 Å². The van der Waals surface area contributed by atoms with Gasteiger partial charge in [-0.1, -0.05) is 33.1 Å². The van der Waals surface area contributed by atoms with Crippen LogP contribution < -0.4 is 0 Å². The molecule has 1 fully saturated rings. The first-order valence-electron chi connectivity index (χ1n) is 5.55. The maximum Gasteiger partial charge on any atom is 0.231 e. The molecule has 3 heteroatoms. The Morgan fingerprint density at radius 1 is 1.43 bits per heavy atom. The molecule has 80 valence electrons. The highest BCUT2D eigenvalue weighted by Crippen LogP contribution is 2.19. The normalized spacial score (nSPS) is 22.1. The molecule has 0 aromatic rings. The lowest BCUT2D eigenvalue weighted by atomic mass is 10.1. The van der Waals surface area contributed by atoms with E-state index in [-0.39, 0.29) is 11.8 Å². The molecule has 1 atom stereocenters. The van der Waals surface area contributed by atoms with Crippen LogP contribution in [0.5, 0.6) is 0 Å². The summed E-state index contributed by atoms with van der Waals surface area (Å²) in [7, 11) is 0. The van der Waals surface area contributed by atoms with E-state index in [2.05, 4.69) is 6.92 Å². The summed E-state index contributed by atoms with van der Waals surface area (Å²) in [5.41, 5.74) is 0. The van der Waals surface area contributed by atoms with Gasteiger partial charge in [-0.25, -0.2) is 0 Å². The van der Waals surface area contributed by atoms with Gasteiger partial charge in [-0.05, 0) is 6.42 Å². The monoisotopic (exact) mass is 196 g/mol. The first kappa shape index (κ1) is 11.2. The lowest BCUT2D eigenvalue weighted by Gasteiger charge is -2.15. The Morgan fingerprint density at radius 2 is 2.14 bits per heavy atom. The number of carbonyl (C=O) groups is 1. The Labute approximate surface area is 86.0 Å². The third-order valence-corrected chi connectivity index (χ3v) is 2.75. The topological polar surface area (TPSA) is 44.2 Å². The summed E-state index contributed by atoms with van der Waals surface area (Å²) in [6, 6.07) is 0. The number of carbonyl (C=O) groups excluding carboxylic acids is 1. The number of nitrogens with zero attached hydrogens (tertiary/aromatic N) is 1. The molecule has 0 bridgehead atoms. The number of hydrogen-bond acceptors (Lipinski definition) is 2. The van der Waals surface area contributed by atoms with Gasteiger partial charge in [-0.15, -0.1) is 0 Å². The summed E-state index contributed by atoms with van der Waals surface area (Å²) in [5.74, 6) is 0.694. The molecule has 1 saturated heterocycles. The standard InChI is InChI=1S/C11H20N2O/c1-3-4-5-6-7-13-10(12)8-9(2)11(13)14/h9,12H,3-8H2,1-2H3. The number of likely N-dealkylation sites (tertiary alicyclic amines) is 1. The smallest absolute Gasteiger partial charge is 0.231 e. The number of unbranched alkanes of at least 4 members (excludes halogenated alkanes) is 3. The number of rotatable bonds is 5. The average Bonchev–Trinajstić information content (AvgIpc) is 2.38. The quantitative estimate of drug-likeness (QED) is 0.674. The molecule has 3 nitrogen and oxygen atoms in total. The first-order valence-corrected chi connectivity index (χ1v) is 5.55. The van der Waals surface area contributed by atoms with Gasteiger partial charge < -0.3 is 4.90 Å². The Kier molecular flexibility index (Phi) is 4.11. The Balaban J connectivity index is 2.30. The Morgan fingerprint density at radius 3 is 2.64 bits per heavy atom. The molecule has 1 amide bonds. The van der Waals surface area contributed by atoms with Crippen LogP contribution in [0.15, 0.2) is 0 Å². The third-order valence-electron chi connectivity index (χ3n) is 2.75. The van der Waals surface area contributed by atoms with Crippen LogP contribution in [0.4, 0.5) is 0 Å². The number of nitrogens with one attached hydrogen (secondary N) is 1. The van der Waals surface area contributed by atoms with Gasteiger partial charge >= 0.3 is 0 Å². The lowest BCUT2D eigenvalue weighted by molar-refractivity contribution is -0.128. The zero-order chi connectivity index (χ0) is 10.6. The molecule has 0 aromatic heterocycles. The third kappa shape index (κ3) is 2.56. The fraction of sp³-hybridized carbons (Fsp3) is 0.818. The van der Waals surface area contributed by atoms with Crippen molar-refractivity contribution in [2.75, 3.05) is 6.54 Å². The van der Waals surface area contributed by atoms with Gasteiger partial charge in [-0.3, -0.25) is 10.2 Å². The maximum absolute atomic E-state index is 11.6. The fourth-order valence-corrected chi connectivity index (χ4v) is 1.83. The van der Waals surface area contributed by atoms with Crippen LogP contribution in [0, 0.1) is 11.3 Å². The molecule has 1 aliphatic heterocycles. The molecule has 0 saturated carbocycles. The van der Waals surface area contributed by atoms with Crippen molar-refractivity contribution in [3.63, 3.8) is 0 Å². The van der Waals surface area contributed by atoms with E-state index in [1.165, 1.54) is 19.3 Å². The van der Waals surface area contributed by atoms with E-state index in [1.54, 1.807) is 4.90 Å². The molecule has 1 aliphatic rings. The van der Waals surface area contributed by atoms with Crippen molar-refractivity contribution in [2.24, 2.45) is 5.92 Å². The van der Waals surface area contributed by atoms with Crippen molar-refractivity contribution < 1.29 is 4.79 Å². The molecular formula is C11H20N2O. The molecule has 0 aliphatic carbocycles. The van der Waals surface area contributed by atoms with Gasteiger partial charge in [-0.2, -0.15) is 0 Å². The Hall–Kier alpha value is -0.860. The number of amidine groups is 1. The van der Waals surface area contributed by atoms with Crippen LogP contribution in [-0.4, -0.2) is 23.2 Å². The largest absolute Gasteiger partial charge is 0.301 e. The van der Waals surface area contributed by atoms with Crippen LogP contribution in [-0.2, 0) is 4.79 Å². The number of hydrogen-bond donors (Lipinski definition) is 1. The van der Waals surface area contributed by atoms with E-state index < -0.39 is 0 Å². The van der Waals surface area contributed by atoms with E-state index in [0.717, 1.165) is 13.0 Å². The Bertz CT molecular complexity index is 225. The van der Waals surface area contributed by atoms with Gasteiger partial charge in [0.05, 0.1) is 0 Å². The second-order valence-corrected chi connectivity index (χ2v) is 4.10.